The molecule has 0 atom stereocenters. The van der Waals surface area contributed by atoms with E-state index in [1.165, 1.54) is 0 Å². The molecular formula is C22H16O2S. The van der Waals surface area contributed by atoms with Gasteiger partial charge in [-0.25, -0.2) is 0 Å². The zero-order valence-corrected chi connectivity index (χ0v) is 14.5. The second-order valence-electron chi connectivity index (χ2n) is 6.03. The average molecular weight is 344 g/mol. The van der Waals surface area contributed by atoms with Gasteiger partial charge in [0.1, 0.15) is 5.75 Å². The van der Waals surface area contributed by atoms with Crippen molar-refractivity contribution in [1.29, 1.82) is 0 Å². The molecule has 4 aromatic rings. The highest BCUT2D eigenvalue weighted by molar-refractivity contribution is 7.17. The highest BCUT2D eigenvalue weighted by Gasteiger charge is 2.21. The number of carbonyl (C=O) groups excluding carboxylic acids is 1. The molecule has 1 aromatic heterocycles. The van der Waals surface area contributed by atoms with E-state index >= 15 is 0 Å². The highest BCUT2D eigenvalue weighted by Crippen LogP contribution is 2.35. The zero-order chi connectivity index (χ0) is 17.4. The molecule has 25 heavy (non-hydrogen) atoms. The Morgan fingerprint density at radius 3 is 2.48 bits per heavy atom. The molecule has 0 aliphatic rings. The lowest BCUT2D eigenvalue weighted by Crippen LogP contribution is -2.05. The number of phenols is 1. The van der Waals surface area contributed by atoms with Crippen molar-refractivity contribution in [2.75, 3.05) is 0 Å². The van der Waals surface area contributed by atoms with Crippen molar-refractivity contribution in [3.05, 3.63) is 88.8 Å². The second-order valence-corrected chi connectivity index (χ2v) is 6.94. The number of rotatable bonds is 3. The molecule has 0 spiro atoms. The number of hydrogen-bond acceptors (Lipinski definition) is 3. The molecule has 0 fully saturated rings. The SMILES string of the molecule is Cc1cc(O)cc(-c2ccccc2)c1C(=O)c1csc2ccccc12. The third-order valence-electron chi connectivity index (χ3n) is 4.36. The highest BCUT2D eigenvalue weighted by atomic mass is 32.1. The van der Waals surface area contributed by atoms with Gasteiger partial charge < -0.3 is 5.11 Å². The number of fused-ring (bicyclic) bond motifs is 1. The third kappa shape index (κ3) is 2.73. The van der Waals surface area contributed by atoms with E-state index in [0.717, 1.165) is 26.8 Å². The molecule has 2 nitrogen and oxygen atoms in total. The first-order valence-electron chi connectivity index (χ1n) is 8.05. The van der Waals surface area contributed by atoms with Gasteiger partial charge in [0.2, 0.25) is 0 Å². The minimum atomic E-state index is -0.00574. The molecule has 3 aromatic carbocycles. The zero-order valence-electron chi connectivity index (χ0n) is 13.7. The summed E-state index contributed by atoms with van der Waals surface area (Å²) in [5.74, 6) is 0.164. The summed E-state index contributed by atoms with van der Waals surface area (Å²) in [5.41, 5.74) is 3.82. The molecule has 0 unspecified atom stereocenters. The van der Waals surface area contributed by atoms with Crippen molar-refractivity contribution >= 4 is 27.2 Å². The quantitative estimate of drug-likeness (QED) is 0.476. The minimum absolute atomic E-state index is 0.00574. The van der Waals surface area contributed by atoms with Crippen LogP contribution in [0.4, 0.5) is 0 Å². The van der Waals surface area contributed by atoms with Gasteiger partial charge in [-0.05, 0) is 41.8 Å². The predicted molar refractivity (Wildman–Crippen MR) is 104 cm³/mol. The van der Waals surface area contributed by atoms with E-state index in [-0.39, 0.29) is 11.5 Å². The number of ketones is 1. The topological polar surface area (TPSA) is 37.3 Å². The molecule has 1 heterocycles. The van der Waals surface area contributed by atoms with E-state index in [1.807, 2.05) is 66.9 Å². The van der Waals surface area contributed by atoms with Crippen molar-refractivity contribution in [3.63, 3.8) is 0 Å². The van der Waals surface area contributed by atoms with E-state index in [9.17, 15) is 9.90 Å². The Bertz CT molecular complexity index is 1080. The summed E-state index contributed by atoms with van der Waals surface area (Å²) >= 11 is 1.58. The first-order chi connectivity index (χ1) is 12.1. The van der Waals surface area contributed by atoms with Crippen LogP contribution in [-0.2, 0) is 0 Å². The summed E-state index contributed by atoms with van der Waals surface area (Å²) in [6.45, 7) is 1.87. The van der Waals surface area contributed by atoms with Crippen LogP contribution in [0, 0.1) is 6.92 Å². The van der Waals surface area contributed by atoms with Gasteiger partial charge in [0, 0.05) is 26.6 Å². The molecule has 0 amide bonds. The van der Waals surface area contributed by atoms with Crippen LogP contribution in [0.15, 0.2) is 72.1 Å². The van der Waals surface area contributed by atoms with Crippen molar-refractivity contribution in [2.45, 2.75) is 6.92 Å². The average Bonchev–Trinajstić information content (AvgIpc) is 3.05. The van der Waals surface area contributed by atoms with Gasteiger partial charge in [-0.15, -0.1) is 11.3 Å². The molecule has 0 saturated carbocycles. The molecule has 1 N–H and O–H groups in total. The maximum Gasteiger partial charge on any atom is 0.195 e. The molecule has 0 saturated heterocycles. The van der Waals surface area contributed by atoms with Crippen LogP contribution in [0.1, 0.15) is 21.5 Å². The van der Waals surface area contributed by atoms with Gasteiger partial charge in [-0.1, -0.05) is 48.5 Å². The molecule has 122 valence electrons. The van der Waals surface area contributed by atoms with Gasteiger partial charge >= 0.3 is 0 Å². The normalized spacial score (nSPS) is 10.9. The van der Waals surface area contributed by atoms with Crippen LogP contribution in [0.5, 0.6) is 5.75 Å². The van der Waals surface area contributed by atoms with E-state index in [4.69, 9.17) is 0 Å². The fourth-order valence-corrected chi connectivity index (χ4v) is 4.14. The summed E-state index contributed by atoms with van der Waals surface area (Å²) in [5, 5.41) is 13.0. The van der Waals surface area contributed by atoms with Gasteiger partial charge in [0.15, 0.2) is 5.78 Å². The van der Waals surface area contributed by atoms with Crippen molar-refractivity contribution in [3.8, 4) is 16.9 Å². The Morgan fingerprint density at radius 1 is 0.960 bits per heavy atom. The van der Waals surface area contributed by atoms with Gasteiger partial charge in [-0.2, -0.15) is 0 Å². The lowest BCUT2D eigenvalue weighted by molar-refractivity contribution is 0.104. The van der Waals surface area contributed by atoms with Crippen LogP contribution in [0.2, 0.25) is 0 Å². The van der Waals surface area contributed by atoms with Crippen molar-refractivity contribution in [1.82, 2.24) is 0 Å². The Balaban J connectivity index is 1.95. The molecule has 4 rings (SSSR count). The maximum absolute atomic E-state index is 13.4. The lowest BCUT2D eigenvalue weighted by Gasteiger charge is -2.13. The largest absolute Gasteiger partial charge is 0.508 e. The molecular weight excluding hydrogens is 328 g/mol. The van der Waals surface area contributed by atoms with E-state index in [0.29, 0.717) is 11.1 Å². The molecule has 3 heteroatoms. The molecule has 0 aliphatic heterocycles. The van der Waals surface area contributed by atoms with E-state index < -0.39 is 0 Å². The Morgan fingerprint density at radius 2 is 1.68 bits per heavy atom. The fraction of sp³-hybridized carbons (Fsp3) is 0.0455. The van der Waals surface area contributed by atoms with Crippen LogP contribution in [0.3, 0.4) is 0 Å². The van der Waals surface area contributed by atoms with Crippen LogP contribution in [-0.4, -0.2) is 10.9 Å². The lowest BCUT2D eigenvalue weighted by atomic mass is 9.90. The summed E-state index contributed by atoms with van der Waals surface area (Å²) in [6.07, 6.45) is 0. The van der Waals surface area contributed by atoms with Crippen LogP contribution >= 0.6 is 11.3 Å². The number of benzene rings is 3. The predicted octanol–water partition coefficient (Wildman–Crippen LogP) is 5.81. The summed E-state index contributed by atoms with van der Waals surface area (Å²) < 4.78 is 1.10. The van der Waals surface area contributed by atoms with E-state index in [2.05, 4.69) is 0 Å². The maximum atomic E-state index is 13.4. The summed E-state index contributed by atoms with van der Waals surface area (Å²) in [4.78, 5) is 13.4. The monoisotopic (exact) mass is 344 g/mol. The third-order valence-corrected chi connectivity index (χ3v) is 5.32. The van der Waals surface area contributed by atoms with Crippen LogP contribution in [0.25, 0.3) is 21.2 Å². The van der Waals surface area contributed by atoms with Crippen LogP contribution < -0.4 is 0 Å². The Hall–Kier alpha value is -2.91. The fourth-order valence-electron chi connectivity index (χ4n) is 3.20. The standard InChI is InChI=1S/C22H16O2S/c1-14-11-16(23)12-18(15-7-3-2-4-8-15)21(14)22(24)19-13-25-20-10-6-5-9-17(19)20/h2-13,23H,1H3. The summed E-state index contributed by atoms with van der Waals surface area (Å²) in [6, 6.07) is 21.0. The number of carbonyl (C=O) groups is 1. The second kappa shape index (κ2) is 6.19. The number of phenolic OH excluding ortho intramolecular Hbond substituents is 1. The minimum Gasteiger partial charge on any atom is -0.508 e. The van der Waals surface area contributed by atoms with Gasteiger partial charge in [-0.3, -0.25) is 4.79 Å². The molecule has 0 bridgehead atoms. The van der Waals surface area contributed by atoms with Gasteiger partial charge in [0.05, 0.1) is 0 Å². The van der Waals surface area contributed by atoms with E-state index in [1.54, 1.807) is 23.5 Å². The number of aryl methyl sites for hydroxylation is 1. The first kappa shape index (κ1) is 15.6. The smallest absolute Gasteiger partial charge is 0.195 e. The van der Waals surface area contributed by atoms with Gasteiger partial charge in [0.25, 0.3) is 0 Å². The molecule has 0 aliphatic carbocycles. The van der Waals surface area contributed by atoms with Crippen molar-refractivity contribution < 1.29 is 9.90 Å². The first-order valence-corrected chi connectivity index (χ1v) is 8.93. The number of thiophene rings is 1. The summed E-state index contributed by atoms with van der Waals surface area (Å²) in [7, 11) is 0. The Labute approximate surface area is 150 Å². The number of aromatic hydroxyl groups is 1. The molecule has 0 radical (unpaired) electrons. The number of hydrogen-bond donors (Lipinski definition) is 1. The Kier molecular flexibility index (Phi) is 3.86. The van der Waals surface area contributed by atoms with Crippen molar-refractivity contribution in [2.24, 2.45) is 0 Å².